The molecule has 0 aliphatic rings. The van der Waals surface area contributed by atoms with E-state index in [-0.39, 0.29) is 0 Å². The fourth-order valence-corrected chi connectivity index (χ4v) is 1.67. The Kier molecular flexibility index (Phi) is 9.57. The summed E-state index contributed by atoms with van der Waals surface area (Å²) in [5.74, 6) is 1.98. The normalized spacial score (nSPS) is 13.8. The van der Waals surface area contributed by atoms with Crippen LogP contribution in [-0.2, 0) is 4.74 Å². The molecular formula is C12H26ClNO. The minimum Gasteiger partial charge on any atom is -0.380 e. The maximum absolute atomic E-state index is 5.84. The molecule has 1 atom stereocenters. The zero-order valence-electron chi connectivity index (χ0n) is 10.6. The topological polar surface area (TPSA) is 21.3 Å². The summed E-state index contributed by atoms with van der Waals surface area (Å²) in [4.78, 5) is 0. The van der Waals surface area contributed by atoms with Gasteiger partial charge in [0.25, 0.3) is 0 Å². The van der Waals surface area contributed by atoms with Gasteiger partial charge in [-0.25, -0.2) is 0 Å². The predicted octanol–water partition coefficient (Wildman–Crippen LogP) is 2.90. The molecule has 0 aromatic carbocycles. The van der Waals surface area contributed by atoms with Gasteiger partial charge < -0.3 is 10.1 Å². The van der Waals surface area contributed by atoms with Gasteiger partial charge in [-0.3, -0.25) is 0 Å². The summed E-state index contributed by atoms with van der Waals surface area (Å²) in [5.41, 5.74) is 0. The molecule has 0 radical (unpaired) electrons. The fourth-order valence-electron chi connectivity index (χ4n) is 1.21. The highest BCUT2D eigenvalue weighted by Crippen LogP contribution is 2.03. The number of hydrogen-bond donors (Lipinski definition) is 1. The molecule has 15 heavy (non-hydrogen) atoms. The van der Waals surface area contributed by atoms with Crippen molar-refractivity contribution in [2.75, 3.05) is 25.6 Å². The second-order valence-corrected chi connectivity index (χ2v) is 5.06. The molecule has 0 spiro atoms. The molecular weight excluding hydrogens is 210 g/mol. The molecule has 0 bridgehead atoms. The quantitative estimate of drug-likeness (QED) is 0.490. The molecule has 3 heteroatoms. The van der Waals surface area contributed by atoms with Crippen LogP contribution < -0.4 is 5.32 Å². The highest BCUT2D eigenvalue weighted by atomic mass is 35.5. The number of hydrogen-bond acceptors (Lipinski definition) is 2. The summed E-state index contributed by atoms with van der Waals surface area (Å²) < 4.78 is 5.51. The Labute approximate surface area is 99.7 Å². The van der Waals surface area contributed by atoms with Crippen molar-refractivity contribution in [2.45, 2.75) is 40.2 Å². The van der Waals surface area contributed by atoms with Crippen LogP contribution in [0, 0.1) is 11.8 Å². The average Bonchev–Trinajstić information content (AvgIpc) is 2.15. The lowest BCUT2D eigenvalue weighted by atomic mass is 10.1. The Balaban J connectivity index is 3.29. The number of ether oxygens (including phenoxy) is 1. The molecule has 0 aromatic heterocycles. The van der Waals surface area contributed by atoms with Crippen LogP contribution in [-0.4, -0.2) is 31.7 Å². The van der Waals surface area contributed by atoms with Crippen LogP contribution in [0.4, 0.5) is 0 Å². The van der Waals surface area contributed by atoms with Crippen LogP contribution in [0.5, 0.6) is 0 Å². The maximum Gasteiger partial charge on any atom is 0.0591 e. The summed E-state index contributed by atoms with van der Waals surface area (Å²) in [6.07, 6.45) is 1.14. The van der Waals surface area contributed by atoms with Crippen molar-refractivity contribution in [3.05, 3.63) is 0 Å². The molecule has 0 aliphatic heterocycles. The van der Waals surface area contributed by atoms with Crippen LogP contribution in [0.1, 0.15) is 34.1 Å². The first-order chi connectivity index (χ1) is 7.07. The lowest BCUT2D eigenvalue weighted by Crippen LogP contribution is -2.37. The smallest absolute Gasteiger partial charge is 0.0591 e. The highest BCUT2D eigenvalue weighted by Gasteiger charge is 2.09. The number of nitrogens with one attached hydrogen (secondary N) is 1. The van der Waals surface area contributed by atoms with E-state index in [1.165, 1.54) is 0 Å². The van der Waals surface area contributed by atoms with E-state index >= 15 is 0 Å². The summed E-state index contributed by atoms with van der Waals surface area (Å²) in [6.45, 7) is 11.3. The summed E-state index contributed by atoms with van der Waals surface area (Å²) >= 11 is 5.84. The van der Waals surface area contributed by atoms with Gasteiger partial charge in [-0.15, -0.1) is 11.6 Å². The Morgan fingerprint density at radius 2 is 1.80 bits per heavy atom. The predicted molar refractivity (Wildman–Crippen MR) is 67.6 cm³/mol. The Morgan fingerprint density at radius 3 is 2.27 bits per heavy atom. The van der Waals surface area contributed by atoms with E-state index in [1.54, 1.807) is 0 Å². The van der Waals surface area contributed by atoms with Gasteiger partial charge in [-0.2, -0.15) is 0 Å². The monoisotopic (exact) mass is 235 g/mol. The van der Waals surface area contributed by atoms with Gasteiger partial charge >= 0.3 is 0 Å². The number of rotatable bonds is 9. The molecule has 2 nitrogen and oxygen atoms in total. The van der Waals surface area contributed by atoms with E-state index < -0.39 is 0 Å². The van der Waals surface area contributed by atoms with Crippen molar-refractivity contribution in [2.24, 2.45) is 11.8 Å². The van der Waals surface area contributed by atoms with Gasteiger partial charge in [0.15, 0.2) is 0 Å². The maximum atomic E-state index is 5.84. The van der Waals surface area contributed by atoms with E-state index in [9.17, 15) is 0 Å². The first-order valence-corrected chi connectivity index (χ1v) is 6.48. The number of halogens is 1. The molecule has 0 rings (SSSR count). The summed E-state index contributed by atoms with van der Waals surface area (Å²) in [6, 6.07) is 0.403. The second kappa shape index (κ2) is 9.44. The average molecular weight is 236 g/mol. The molecule has 0 aliphatic carbocycles. The van der Waals surface area contributed by atoms with Crippen molar-refractivity contribution in [1.82, 2.24) is 5.32 Å². The van der Waals surface area contributed by atoms with Crippen molar-refractivity contribution in [3.63, 3.8) is 0 Å². The molecule has 1 N–H and O–H groups in total. The van der Waals surface area contributed by atoms with Gasteiger partial charge in [-0.1, -0.05) is 27.7 Å². The van der Waals surface area contributed by atoms with Crippen molar-refractivity contribution >= 4 is 11.6 Å². The first kappa shape index (κ1) is 15.2. The molecule has 92 valence electrons. The summed E-state index contributed by atoms with van der Waals surface area (Å²) in [7, 11) is 0. The Bertz CT molecular complexity index is 140. The zero-order chi connectivity index (χ0) is 11.7. The molecule has 0 amide bonds. The molecule has 0 heterocycles. The van der Waals surface area contributed by atoms with Crippen LogP contribution >= 0.6 is 11.6 Å². The van der Waals surface area contributed by atoms with E-state index in [2.05, 4.69) is 33.0 Å². The second-order valence-electron chi connectivity index (χ2n) is 4.75. The zero-order valence-corrected chi connectivity index (χ0v) is 11.3. The summed E-state index contributed by atoms with van der Waals surface area (Å²) in [5, 5.41) is 3.40. The van der Waals surface area contributed by atoms with Crippen LogP contribution in [0.2, 0.25) is 0 Å². The molecule has 0 aromatic rings. The van der Waals surface area contributed by atoms with Gasteiger partial charge in [-0.05, 0) is 18.3 Å². The van der Waals surface area contributed by atoms with E-state index in [4.69, 9.17) is 16.3 Å². The third-order valence-corrected chi connectivity index (χ3v) is 2.80. The SMILES string of the molecule is CC(C)CCOCCNC(CCl)C(C)C. The van der Waals surface area contributed by atoms with Crippen molar-refractivity contribution in [3.8, 4) is 0 Å². The molecule has 0 saturated carbocycles. The van der Waals surface area contributed by atoms with Gasteiger partial charge in [0, 0.05) is 25.1 Å². The standard InChI is InChI=1S/C12H26ClNO/c1-10(2)5-7-15-8-6-14-12(9-13)11(3)4/h10-12,14H,5-9H2,1-4H3. The first-order valence-electron chi connectivity index (χ1n) is 5.95. The van der Waals surface area contributed by atoms with Crippen LogP contribution in [0.25, 0.3) is 0 Å². The lowest BCUT2D eigenvalue weighted by molar-refractivity contribution is 0.122. The van der Waals surface area contributed by atoms with Crippen molar-refractivity contribution in [1.29, 1.82) is 0 Å². The number of alkyl halides is 1. The molecule has 1 unspecified atom stereocenters. The Hall–Kier alpha value is 0.210. The van der Waals surface area contributed by atoms with Gasteiger partial charge in [0.1, 0.15) is 0 Å². The largest absolute Gasteiger partial charge is 0.380 e. The fraction of sp³-hybridized carbons (Fsp3) is 1.00. The van der Waals surface area contributed by atoms with Gasteiger partial charge in [0.05, 0.1) is 6.61 Å². The van der Waals surface area contributed by atoms with Crippen LogP contribution in [0.15, 0.2) is 0 Å². The molecule has 0 fully saturated rings. The van der Waals surface area contributed by atoms with E-state index in [0.717, 1.165) is 32.1 Å². The van der Waals surface area contributed by atoms with Crippen LogP contribution in [0.3, 0.4) is 0 Å². The van der Waals surface area contributed by atoms with E-state index in [0.29, 0.717) is 17.8 Å². The molecule has 0 saturated heterocycles. The van der Waals surface area contributed by atoms with Gasteiger partial charge in [0.2, 0.25) is 0 Å². The minimum absolute atomic E-state index is 0.403. The Morgan fingerprint density at radius 1 is 1.13 bits per heavy atom. The third kappa shape index (κ3) is 9.16. The third-order valence-electron chi connectivity index (χ3n) is 2.46. The lowest BCUT2D eigenvalue weighted by Gasteiger charge is -2.19. The van der Waals surface area contributed by atoms with E-state index in [1.807, 2.05) is 0 Å². The minimum atomic E-state index is 0.403. The van der Waals surface area contributed by atoms with Crippen molar-refractivity contribution < 1.29 is 4.74 Å². The highest BCUT2D eigenvalue weighted by molar-refractivity contribution is 6.18.